The number of hydrogen-bond acceptors (Lipinski definition) is 3. The van der Waals surface area contributed by atoms with Gasteiger partial charge in [0.15, 0.2) is 0 Å². The average molecular weight is 341 g/mol. The molecular formula is C16H25BrN2O. The molecule has 0 amide bonds. The number of aliphatic hydroxyl groups is 1. The van der Waals surface area contributed by atoms with E-state index in [-0.39, 0.29) is 0 Å². The standard InChI is InChI=1S/C16H25BrN2O/c1-2-7-18-10-13-5-6-16(15(17)9-13)19-8-3-4-14(11-19)12-20/h5-6,9,14,18,20H,2-4,7-8,10-12H2,1H3. The fourth-order valence-electron chi connectivity index (χ4n) is 2.76. The molecule has 112 valence electrons. The van der Waals surface area contributed by atoms with Gasteiger partial charge in [-0.25, -0.2) is 0 Å². The van der Waals surface area contributed by atoms with Crippen LogP contribution in [0.5, 0.6) is 0 Å². The molecule has 1 atom stereocenters. The zero-order valence-electron chi connectivity index (χ0n) is 12.2. The van der Waals surface area contributed by atoms with Crippen molar-refractivity contribution < 1.29 is 5.11 Å². The Bertz CT molecular complexity index is 425. The zero-order valence-corrected chi connectivity index (χ0v) is 13.8. The molecule has 1 aromatic rings. The number of nitrogens with zero attached hydrogens (tertiary/aromatic N) is 1. The maximum Gasteiger partial charge on any atom is 0.0510 e. The predicted octanol–water partition coefficient (Wildman–Crippen LogP) is 3.16. The molecule has 2 N–H and O–H groups in total. The lowest BCUT2D eigenvalue weighted by Gasteiger charge is -2.34. The van der Waals surface area contributed by atoms with Crippen LogP contribution in [0.3, 0.4) is 0 Å². The Morgan fingerprint density at radius 3 is 3.00 bits per heavy atom. The van der Waals surface area contributed by atoms with Gasteiger partial charge in [-0.2, -0.15) is 0 Å². The number of nitrogens with one attached hydrogen (secondary N) is 1. The van der Waals surface area contributed by atoms with Crippen LogP contribution in [0.4, 0.5) is 5.69 Å². The monoisotopic (exact) mass is 340 g/mol. The summed E-state index contributed by atoms with van der Waals surface area (Å²) in [4.78, 5) is 2.39. The first-order valence-electron chi connectivity index (χ1n) is 7.59. The fourth-order valence-corrected chi connectivity index (χ4v) is 3.44. The van der Waals surface area contributed by atoms with Crippen LogP contribution in [0, 0.1) is 5.92 Å². The summed E-state index contributed by atoms with van der Waals surface area (Å²) in [7, 11) is 0. The van der Waals surface area contributed by atoms with Crippen molar-refractivity contribution in [2.45, 2.75) is 32.7 Å². The van der Waals surface area contributed by atoms with E-state index < -0.39 is 0 Å². The van der Waals surface area contributed by atoms with Gasteiger partial charge in [-0.05, 0) is 65.4 Å². The lowest BCUT2D eigenvalue weighted by molar-refractivity contribution is 0.208. The van der Waals surface area contributed by atoms with Crippen LogP contribution in [-0.4, -0.2) is 31.3 Å². The molecule has 0 saturated carbocycles. The zero-order chi connectivity index (χ0) is 14.4. The molecule has 1 aliphatic heterocycles. The topological polar surface area (TPSA) is 35.5 Å². The predicted molar refractivity (Wildman–Crippen MR) is 88.2 cm³/mol. The number of halogens is 1. The van der Waals surface area contributed by atoms with Gasteiger partial charge < -0.3 is 15.3 Å². The van der Waals surface area contributed by atoms with Crippen molar-refractivity contribution in [2.24, 2.45) is 5.92 Å². The molecule has 1 aromatic carbocycles. The van der Waals surface area contributed by atoms with E-state index in [2.05, 4.69) is 51.3 Å². The molecular weight excluding hydrogens is 316 g/mol. The van der Waals surface area contributed by atoms with E-state index in [1.807, 2.05) is 0 Å². The van der Waals surface area contributed by atoms with Crippen molar-refractivity contribution in [2.75, 3.05) is 31.1 Å². The molecule has 1 unspecified atom stereocenters. The number of anilines is 1. The summed E-state index contributed by atoms with van der Waals surface area (Å²) in [6, 6.07) is 6.61. The van der Waals surface area contributed by atoms with E-state index >= 15 is 0 Å². The van der Waals surface area contributed by atoms with E-state index in [0.29, 0.717) is 12.5 Å². The van der Waals surface area contributed by atoms with Crippen LogP contribution >= 0.6 is 15.9 Å². The van der Waals surface area contributed by atoms with E-state index in [1.165, 1.54) is 11.3 Å². The molecule has 20 heavy (non-hydrogen) atoms. The normalized spacial score (nSPS) is 19.4. The SMILES string of the molecule is CCCNCc1ccc(N2CCCC(CO)C2)c(Br)c1. The van der Waals surface area contributed by atoms with Crippen LogP contribution in [0.1, 0.15) is 31.7 Å². The lowest BCUT2D eigenvalue weighted by Crippen LogP contribution is -2.37. The summed E-state index contributed by atoms with van der Waals surface area (Å²) in [5, 5.41) is 12.8. The molecule has 4 heteroatoms. The quantitative estimate of drug-likeness (QED) is 0.781. The minimum Gasteiger partial charge on any atom is -0.396 e. The Kier molecular flexibility index (Phi) is 6.33. The Balaban J connectivity index is 2.01. The summed E-state index contributed by atoms with van der Waals surface area (Å²) in [6.45, 7) is 6.51. The van der Waals surface area contributed by atoms with Gasteiger partial charge in [0.05, 0.1) is 5.69 Å². The van der Waals surface area contributed by atoms with E-state index in [4.69, 9.17) is 0 Å². The molecule has 2 rings (SSSR count). The van der Waals surface area contributed by atoms with Crippen molar-refractivity contribution in [1.82, 2.24) is 5.32 Å². The van der Waals surface area contributed by atoms with Crippen molar-refractivity contribution in [3.63, 3.8) is 0 Å². The smallest absolute Gasteiger partial charge is 0.0510 e. The highest BCUT2D eigenvalue weighted by molar-refractivity contribution is 9.10. The third kappa shape index (κ3) is 4.21. The van der Waals surface area contributed by atoms with Gasteiger partial charge in [-0.1, -0.05) is 13.0 Å². The minimum atomic E-state index is 0.299. The van der Waals surface area contributed by atoms with Gasteiger partial charge in [-0.3, -0.25) is 0 Å². The number of benzene rings is 1. The highest BCUT2D eigenvalue weighted by atomic mass is 79.9. The van der Waals surface area contributed by atoms with E-state index in [0.717, 1.165) is 49.9 Å². The largest absolute Gasteiger partial charge is 0.396 e. The number of hydrogen-bond donors (Lipinski definition) is 2. The summed E-state index contributed by atoms with van der Waals surface area (Å²) in [5.41, 5.74) is 2.56. The van der Waals surface area contributed by atoms with Crippen molar-refractivity contribution >= 4 is 21.6 Å². The number of piperidine rings is 1. The molecule has 0 aromatic heterocycles. The van der Waals surface area contributed by atoms with E-state index in [9.17, 15) is 5.11 Å². The Morgan fingerprint density at radius 1 is 1.45 bits per heavy atom. The van der Waals surface area contributed by atoms with Gasteiger partial charge in [0, 0.05) is 30.7 Å². The highest BCUT2D eigenvalue weighted by Crippen LogP contribution is 2.30. The van der Waals surface area contributed by atoms with Crippen LogP contribution in [0.25, 0.3) is 0 Å². The Hall–Kier alpha value is -0.580. The summed E-state index contributed by atoms with van der Waals surface area (Å²) in [6.07, 6.45) is 3.47. The Labute approximate surface area is 130 Å². The molecule has 1 heterocycles. The van der Waals surface area contributed by atoms with Crippen LogP contribution in [0.2, 0.25) is 0 Å². The van der Waals surface area contributed by atoms with Crippen molar-refractivity contribution in [3.05, 3.63) is 28.2 Å². The molecule has 3 nitrogen and oxygen atoms in total. The third-order valence-corrected chi connectivity index (χ3v) is 4.52. The maximum atomic E-state index is 9.34. The lowest BCUT2D eigenvalue weighted by atomic mass is 9.98. The van der Waals surface area contributed by atoms with Crippen LogP contribution in [-0.2, 0) is 6.54 Å². The second-order valence-corrected chi connectivity index (χ2v) is 6.45. The van der Waals surface area contributed by atoms with Crippen molar-refractivity contribution in [3.8, 4) is 0 Å². The molecule has 1 saturated heterocycles. The summed E-state index contributed by atoms with van der Waals surface area (Å²) in [5.74, 6) is 0.418. The van der Waals surface area contributed by atoms with Gasteiger partial charge in [0.25, 0.3) is 0 Å². The highest BCUT2D eigenvalue weighted by Gasteiger charge is 2.20. The second kappa shape index (κ2) is 8.01. The van der Waals surface area contributed by atoms with E-state index in [1.54, 1.807) is 0 Å². The van der Waals surface area contributed by atoms with Gasteiger partial charge >= 0.3 is 0 Å². The van der Waals surface area contributed by atoms with Crippen LogP contribution in [0.15, 0.2) is 22.7 Å². The second-order valence-electron chi connectivity index (χ2n) is 5.60. The average Bonchev–Trinajstić information content (AvgIpc) is 2.48. The Morgan fingerprint density at radius 2 is 2.30 bits per heavy atom. The first-order valence-corrected chi connectivity index (χ1v) is 8.38. The molecule has 0 bridgehead atoms. The molecule has 0 aliphatic carbocycles. The first-order chi connectivity index (χ1) is 9.74. The molecule has 1 fully saturated rings. The van der Waals surface area contributed by atoms with Gasteiger partial charge in [0.2, 0.25) is 0 Å². The number of rotatable bonds is 6. The van der Waals surface area contributed by atoms with Crippen LogP contribution < -0.4 is 10.2 Å². The summed E-state index contributed by atoms with van der Waals surface area (Å²) >= 11 is 3.70. The molecule has 1 aliphatic rings. The maximum absolute atomic E-state index is 9.34. The number of aliphatic hydroxyl groups excluding tert-OH is 1. The fraction of sp³-hybridized carbons (Fsp3) is 0.625. The first kappa shape index (κ1) is 15.8. The minimum absolute atomic E-state index is 0.299. The molecule has 0 radical (unpaired) electrons. The summed E-state index contributed by atoms with van der Waals surface area (Å²) < 4.78 is 1.16. The third-order valence-electron chi connectivity index (χ3n) is 3.89. The van der Waals surface area contributed by atoms with Gasteiger partial charge in [-0.15, -0.1) is 0 Å². The van der Waals surface area contributed by atoms with Gasteiger partial charge in [0.1, 0.15) is 0 Å². The molecule has 0 spiro atoms. The van der Waals surface area contributed by atoms with Crippen molar-refractivity contribution in [1.29, 1.82) is 0 Å².